The van der Waals surface area contributed by atoms with Gasteiger partial charge in [0.1, 0.15) is 5.75 Å². The molecule has 0 aliphatic heterocycles. The van der Waals surface area contributed by atoms with Crippen LogP contribution in [0.15, 0.2) is 67.0 Å². The number of nitrogens with one attached hydrogen (secondary N) is 2. The first kappa shape index (κ1) is 19.9. The number of anilines is 3. The van der Waals surface area contributed by atoms with Crippen LogP contribution in [0.2, 0.25) is 0 Å². The molecule has 0 spiro atoms. The van der Waals surface area contributed by atoms with Crippen molar-refractivity contribution >= 4 is 28.9 Å². The summed E-state index contributed by atoms with van der Waals surface area (Å²) < 4.78 is 10.3. The van der Waals surface area contributed by atoms with Gasteiger partial charge in [-0.3, -0.25) is 9.78 Å². The van der Waals surface area contributed by atoms with E-state index in [4.69, 9.17) is 9.47 Å². The molecule has 148 valence electrons. The number of hydrogen-bond acceptors (Lipinski definition) is 6. The summed E-state index contributed by atoms with van der Waals surface area (Å²) in [7, 11) is 1.31. The van der Waals surface area contributed by atoms with Gasteiger partial charge in [-0.15, -0.1) is 0 Å². The number of hydrogen-bond donors (Lipinski definition) is 2. The summed E-state index contributed by atoms with van der Waals surface area (Å²) in [6.07, 6.45) is 3.09. The molecule has 2 N–H and O–H groups in total. The average molecular weight is 391 g/mol. The lowest BCUT2D eigenvalue weighted by atomic mass is 10.2. The van der Waals surface area contributed by atoms with Gasteiger partial charge in [0.15, 0.2) is 0 Å². The quantitative estimate of drug-likeness (QED) is 0.585. The van der Waals surface area contributed by atoms with Gasteiger partial charge in [-0.25, -0.2) is 4.79 Å². The first-order chi connectivity index (χ1) is 14.1. The first-order valence-corrected chi connectivity index (χ1v) is 9.04. The zero-order valence-electron chi connectivity index (χ0n) is 16.1. The van der Waals surface area contributed by atoms with Crippen LogP contribution in [0.4, 0.5) is 17.1 Å². The molecule has 1 aromatic heterocycles. The van der Waals surface area contributed by atoms with E-state index in [1.807, 2.05) is 31.2 Å². The Hall–Kier alpha value is -3.87. The number of esters is 1. The lowest BCUT2D eigenvalue weighted by Crippen LogP contribution is -2.13. The minimum Gasteiger partial charge on any atom is -0.492 e. The van der Waals surface area contributed by atoms with Crippen molar-refractivity contribution in [2.45, 2.75) is 6.92 Å². The number of carbonyl (C=O) groups is 2. The van der Waals surface area contributed by atoms with Crippen molar-refractivity contribution in [3.8, 4) is 5.75 Å². The fourth-order valence-electron chi connectivity index (χ4n) is 2.68. The minimum absolute atomic E-state index is 0.346. The first-order valence-electron chi connectivity index (χ1n) is 9.04. The van der Waals surface area contributed by atoms with Crippen molar-refractivity contribution in [3.63, 3.8) is 0 Å². The molecular formula is C22H21N3O4. The molecule has 0 saturated carbocycles. The zero-order chi connectivity index (χ0) is 20.6. The van der Waals surface area contributed by atoms with Crippen LogP contribution in [0.1, 0.15) is 27.6 Å². The molecular weight excluding hydrogens is 370 g/mol. The van der Waals surface area contributed by atoms with E-state index in [0.29, 0.717) is 34.9 Å². The number of pyridine rings is 1. The van der Waals surface area contributed by atoms with Crippen LogP contribution in [0.25, 0.3) is 0 Å². The lowest BCUT2D eigenvalue weighted by molar-refractivity contribution is 0.0600. The molecule has 7 heteroatoms. The molecule has 2 aromatic carbocycles. The number of para-hydroxylation sites is 2. The van der Waals surface area contributed by atoms with E-state index in [0.717, 1.165) is 5.69 Å². The van der Waals surface area contributed by atoms with Crippen LogP contribution in [-0.2, 0) is 4.74 Å². The molecule has 3 aromatic rings. The van der Waals surface area contributed by atoms with E-state index < -0.39 is 5.97 Å². The van der Waals surface area contributed by atoms with Crippen LogP contribution in [0.3, 0.4) is 0 Å². The van der Waals surface area contributed by atoms with Crippen molar-refractivity contribution in [1.29, 1.82) is 0 Å². The number of carbonyl (C=O) groups excluding carboxylic acids is 2. The van der Waals surface area contributed by atoms with E-state index in [-0.39, 0.29) is 5.91 Å². The SMILES string of the molecule is CCOc1ccccc1Nc1cncc(C(=O)Nc2cccc(C(=O)OC)c2)c1. The third kappa shape index (κ3) is 5.10. The summed E-state index contributed by atoms with van der Waals surface area (Å²) in [5.74, 6) is -0.104. The molecule has 1 amide bonds. The number of ether oxygens (including phenoxy) is 2. The molecule has 1 heterocycles. The highest BCUT2D eigenvalue weighted by atomic mass is 16.5. The third-order valence-electron chi connectivity index (χ3n) is 4.01. The highest BCUT2D eigenvalue weighted by Gasteiger charge is 2.11. The molecule has 0 fully saturated rings. The Bertz CT molecular complexity index is 1020. The van der Waals surface area contributed by atoms with Crippen molar-refractivity contribution in [1.82, 2.24) is 4.98 Å². The Morgan fingerprint density at radius 1 is 0.966 bits per heavy atom. The number of rotatable bonds is 7. The maximum atomic E-state index is 12.6. The fraction of sp³-hybridized carbons (Fsp3) is 0.136. The van der Waals surface area contributed by atoms with Crippen molar-refractivity contribution < 1.29 is 19.1 Å². The van der Waals surface area contributed by atoms with Gasteiger partial charge in [-0.2, -0.15) is 0 Å². The van der Waals surface area contributed by atoms with Gasteiger partial charge >= 0.3 is 5.97 Å². The Morgan fingerprint density at radius 3 is 2.55 bits per heavy atom. The van der Waals surface area contributed by atoms with Crippen molar-refractivity contribution in [2.24, 2.45) is 0 Å². The van der Waals surface area contributed by atoms with E-state index in [1.165, 1.54) is 13.3 Å². The lowest BCUT2D eigenvalue weighted by Gasteiger charge is -2.13. The van der Waals surface area contributed by atoms with E-state index in [1.54, 1.807) is 36.5 Å². The second-order valence-electron chi connectivity index (χ2n) is 6.04. The monoisotopic (exact) mass is 391 g/mol. The Labute approximate surface area is 168 Å². The largest absolute Gasteiger partial charge is 0.492 e. The molecule has 0 aliphatic rings. The van der Waals surface area contributed by atoms with Crippen LogP contribution >= 0.6 is 0 Å². The van der Waals surface area contributed by atoms with E-state index in [2.05, 4.69) is 15.6 Å². The molecule has 7 nitrogen and oxygen atoms in total. The Morgan fingerprint density at radius 2 is 1.76 bits per heavy atom. The Kier molecular flexibility index (Phi) is 6.42. The summed E-state index contributed by atoms with van der Waals surface area (Å²) in [6.45, 7) is 2.46. The summed E-state index contributed by atoms with van der Waals surface area (Å²) in [6, 6.07) is 15.8. The highest BCUT2D eigenvalue weighted by molar-refractivity contribution is 6.05. The number of methoxy groups -OCH3 is 1. The smallest absolute Gasteiger partial charge is 0.337 e. The molecule has 0 atom stereocenters. The van der Waals surface area contributed by atoms with Crippen LogP contribution in [0.5, 0.6) is 5.75 Å². The Balaban J connectivity index is 1.76. The predicted molar refractivity (Wildman–Crippen MR) is 111 cm³/mol. The minimum atomic E-state index is -0.470. The van der Waals surface area contributed by atoms with Crippen molar-refractivity contribution in [2.75, 3.05) is 24.4 Å². The molecule has 3 rings (SSSR count). The van der Waals surface area contributed by atoms with Gasteiger partial charge in [-0.05, 0) is 43.3 Å². The second kappa shape index (κ2) is 9.36. The number of aromatic nitrogens is 1. The maximum absolute atomic E-state index is 12.6. The average Bonchev–Trinajstić information content (AvgIpc) is 2.75. The summed E-state index contributed by atoms with van der Waals surface area (Å²) >= 11 is 0. The standard InChI is InChI=1S/C22H21N3O4/c1-3-29-20-10-5-4-9-19(20)24-18-12-16(13-23-14-18)21(26)25-17-8-6-7-15(11-17)22(27)28-2/h4-14,24H,3H2,1-2H3,(H,25,26). The topological polar surface area (TPSA) is 89.5 Å². The van der Waals surface area contributed by atoms with Gasteiger partial charge < -0.3 is 20.1 Å². The van der Waals surface area contributed by atoms with Crippen LogP contribution in [0, 0.1) is 0 Å². The van der Waals surface area contributed by atoms with Gasteiger partial charge in [0.25, 0.3) is 5.91 Å². The molecule has 0 unspecified atom stereocenters. The number of nitrogens with zero attached hydrogens (tertiary/aromatic N) is 1. The maximum Gasteiger partial charge on any atom is 0.337 e. The molecule has 0 aliphatic carbocycles. The zero-order valence-corrected chi connectivity index (χ0v) is 16.1. The number of benzene rings is 2. The normalized spacial score (nSPS) is 10.1. The molecule has 29 heavy (non-hydrogen) atoms. The highest BCUT2D eigenvalue weighted by Crippen LogP contribution is 2.27. The summed E-state index contributed by atoms with van der Waals surface area (Å²) in [4.78, 5) is 28.4. The fourth-order valence-corrected chi connectivity index (χ4v) is 2.68. The predicted octanol–water partition coefficient (Wildman–Crippen LogP) is 4.26. The number of amides is 1. The van der Waals surface area contributed by atoms with Crippen LogP contribution < -0.4 is 15.4 Å². The van der Waals surface area contributed by atoms with Gasteiger partial charge in [-0.1, -0.05) is 18.2 Å². The van der Waals surface area contributed by atoms with Gasteiger partial charge in [0.05, 0.1) is 42.4 Å². The molecule has 0 radical (unpaired) electrons. The van der Waals surface area contributed by atoms with Crippen LogP contribution in [-0.4, -0.2) is 30.6 Å². The van der Waals surface area contributed by atoms with Gasteiger partial charge in [0, 0.05) is 11.9 Å². The van der Waals surface area contributed by atoms with Crippen molar-refractivity contribution in [3.05, 3.63) is 78.1 Å². The van der Waals surface area contributed by atoms with E-state index >= 15 is 0 Å². The third-order valence-corrected chi connectivity index (χ3v) is 4.01. The molecule has 0 saturated heterocycles. The second-order valence-corrected chi connectivity index (χ2v) is 6.04. The van der Waals surface area contributed by atoms with E-state index in [9.17, 15) is 9.59 Å². The summed E-state index contributed by atoms with van der Waals surface area (Å²) in [5.41, 5.74) is 2.63. The summed E-state index contributed by atoms with van der Waals surface area (Å²) in [5, 5.41) is 5.98. The van der Waals surface area contributed by atoms with Gasteiger partial charge in [0.2, 0.25) is 0 Å². The molecule has 0 bridgehead atoms.